The molecule has 3 rings (SSSR count). The van der Waals surface area contributed by atoms with E-state index in [0.29, 0.717) is 5.92 Å². The number of hydrogen-bond donors (Lipinski definition) is 1. The van der Waals surface area contributed by atoms with Gasteiger partial charge in [-0.2, -0.15) is 0 Å². The molecule has 1 unspecified atom stereocenters. The van der Waals surface area contributed by atoms with Gasteiger partial charge in [-0.1, -0.05) is 67.9 Å². The second-order valence-electron chi connectivity index (χ2n) is 5.71. The van der Waals surface area contributed by atoms with Gasteiger partial charge in [-0.15, -0.1) is 10.2 Å². The summed E-state index contributed by atoms with van der Waals surface area (Å²) in [4.78, 5) is 0. The van der Waals surface area contributed by atoms with Gasteiger partial charge >= 0.3 is 0 Å². The highest BCUT2D eigenvalue weighted by molar-refractivity contribution is 7.11. The number of benzene rings is 1. The molecule has 0 amide bonds. The van der Waals surface area contributed by atoms with Crippen LogP contribution in [0.1, 0.15) is 66.6 Å². The molecule has 1 aliphatic rings. The fraction of sp³-hybridized carbons (Fsp3) is 0.529. The van der Waals surface area contributed by atoms with E-state index in [9.17, 15) is 0 Å². The van der Waals surface area contributed by atoms with E-state index in [-0.39, 0.29) is 6.04 Å². The van der Waals surface area contributed by atoms with Gasteiger partial charge < -0.3 is 5.32 Å². The fourth-order valence-corrected chi connectivity index (χ4v) is 4.19. The Labute approximate surface area is 130 Å². The summed E-state index contributed by atoms with van der Waals surface area (Å²) in [6, 6.07) is 10.7. The van der Waals surface area contributed by atoms with Crippen LogP contribution in [0.3, 0.4) is 0 Å². The van der Waals surface area contributed by atoms with Crippen molar-refractivity contribution >= 4 is 11.3 Å². The van der Waals surface area contributed by atoms with E-state index in [1.165, 1.54) is 42.7 Å². The maximum atomic E-state index is 4.50. The number of nitrogens with one attached hydrogen (secondary N) is 1. The Morgan fingerprint density at radius 3 is 2.62 bits per heavy atom. The quantitative estimate of drug-likeness (QED) is 0.895. The molecule has 112 valence electrons. The molecule has 0 bridgehead atoms. The average Bonchev–Trinajstić information content (AvgIpc) is 3.04. The third kappa shape index (κ3) is 3.50. The molecule has 1 atom stereocenters. The summed E-state index contributed by atoms with van der Waals surface area (Å²) < 4.78 is 0. The van der Waals surface area contributed by atoms with E-state index < -0.39 is 0 Å². The van der Waals surface area contributed by atoms with Crippen LogP contribution in [0.25, 0.3) is 0 Å². The van der Waals surface area contributed by atoms with Crippen LogP contribution >= 0.6 is 11.3 Å². The van der Waals surface area contributed by atoms with Crippen molar-refractivity contribution in [2.45, 2.75) is 51.0 Å². The molecule has 0 saturated heterocycles. The van der Waals surface area contributed by atoms with E-state index in [4.69, 9.17) is 0 Å². The second-order valence-corrected chi connectivity index (χ2v) is 6.76. The minimum absolute atomic E-state index is 0.172. The summed E-state index contributed by atoms with van der Waals surface area (Å²) in [6.07, 6.45) is 6.63. The van der Waals surface area contributed by atoms with Gasteiger partial charge in [0.2, 0.25) is 0 Å². The van der Waals surface area contributed by atoms with Crippen LogP contribution in [-0.4, -0.2) is 16.7 Å². The Kier molecular flexibility index (Phi) is 4.99. The molecule has 4 heteroatoms. The third-order valence-corrected chi connectivity index (χ3v) is 5.35. The third-order valence-electron chi connectivity index (χ3n) is 4.20. The van der Waals surface area contributed by atoms with Crippen LogP contribution in [0.4, 0.5) is 0 Å². The zero-order chi connectivity index (χ0) is 14.5. The van der Waals surface area contributed by atoms with Crippen molar-refractivity contribution in [3.63, 3.8) is 0 Å². The van der Waals surface area contributed by atoms with Crippen molar-refractivity contribution in [3.8, 4) is 0 Å². The normalized spacial score (nSPS) is 17.8. The average molecular weight is 301 g/mol. The fourth-order valence-electron chi connectivity index (χ4n) is 3.08. The molecule has 2 aromatic rings. The van der Waals surface area contributed by atoms with Gasteiger partial charge in [0.1, 0.15) is 10.0 Å². The van der Waals surface area contributed by atoms with Gasteiger partial charge in [0.05, 0.1) is 6.04 Å². The topological polar surface area (TPSA) is 37.8 Å². The number of hydrogen-bond acceptors (Lipinski definition) is 4. The first-order chi connectivity index (χ1) is 10.4. The number of nitrogens with zero attached hydrogens (tertiary/aromatic N) is 2. The van der Waals surface area contributed by atoms with E-state index in [1.807, 2.05) is 0 Å². The summed E-state index contributed by atoms with van der Waals surface area (Å²) >= 11 is 1.80. The molecule has 1 saturated carbocycles. The van der Waals surface area contributed by atoms with Gasteiger partial charge in [-0.05, 0) is 24.9 Å². The van der Waals surface area contributed by atoms with Gasteiger partial charge in [0.15, 0.2) is 0 Å². The highest BCUT2D eigenvalue weighted by Crippen LogP contribution is 2.36. The molecule has 1 aliphatic carbocycles. The Morgan fingerprint density at radius 1 is 1.14 bits per heavy atom. The predicted octanol–water partition coefficient (Wildman–Crippen LogP) is 4.28. The van der Waals surface area contributed by atoms with Crippen LogP contribution in [-0.2, 0) is 0 Å². The van der Waals surface area contributed by atoms with Crippen molar-refractivity contribution in [2.24, 2.45) is 0 Å². The van der Waals surface area contributed by atoms with Gasteiger partial charge in [0, 0.05) is 5.92 Å². The molecule has 0 radical (unpaired) electrons. The first-order valence-corrected chi connectivity index (χ1v) is 8.81. The van der Waals surface area contributed by atoms with Crippen LogP contribution in [0, 0.1) is 0 Å². The number of aromatic nitrogens is 2. The molecule has 1 fully saturated rings. The van der Waals surface area contributed by atoms with Gasteiger partial charge in [-0.25, -0.2) is 0 Å². The van der Waals surface area contributed by atoms with E-state index in [2.05, 4.69) is 52.8 Å². The van der Waals surface area contributed by atoms with Crippen LogP contribution in [0.2, 0.25) is 0 Å². The van der Waals surface area contributed by atoms with Crippen molar-refractivity contribution < 1.29 is 0 Å². The van der Waals surface area contributed by atoms with Crippen molar-refractivity contribution in [1.29, 1.82) is 0 Å². The van der Waals surface area contributed by atoms with Crippen molar-refractivity contribution in [2.75, 3.05) is 6.54 Å². The molecule has 1 N–H and O–H groups in total. The first-order valence-electron chi connectivity index (χ1n) is 8.00. The van der Waals surface area contributed by atoms with Crippen LogP contribution in [0.15, 0.2) is 30.3 Å². The summed E-state index contributed by atoms with van der Waals surface area (Å²) in [5, 5.41) is 14.9. The largest absolute Gasteiger partial charge is 0.304 e. The molecule has 21 heavy (non-hydrogen) atoms. The predicted molar refractivity (Wildman–Crippen MR) is 87.7 cm³/mol. The summed E-state index contributed by atoms with van der Waals surface area (Å²) in [5.41, 5.74) is 1.27. The first kappa shape index (κ1) is 14.7. The Bertz CT molecular complexity index is 546. The molecular weight excluding hydrogens is 278 g/mol. The zero-order valence-corrected chi connectivity index (χ0v) is 13.4. The lowest BCUT2D eigenvalue weighted by atomic mass is 9.90. The molecule has 1 aromatic carbocycles. The molecule has 1 heterocycles. The molecule has 1 aromatic heterocycles. The van der Waals surface area contributed by atoms with Gasteiger partial charge in [0.25, 0.3) is 0 Å². The maximum absolute atomic E-state index is 4.50. The maximum Gasteiger partial charge on any atom is 0.139 e. The highest BCUT2D eigenvalue weighted by Gasteiger charge is 2.23. The van der Waals surface area contributed by atoms with Crippen molar-refractivity contribution in [1.82, 2.24) is 15.5 Å². The second kappa shape index (κ2) is 7.14. The minimum atomic E-state index is 0.172. The standard InChI is InChI=1S/C17H23N3S/c1-2-18-15(13-9-5-3-6-10-13)17-20-19-16(21-17)14-11-7-4-8-12-14/h3,5-6,9-10,14-15,18H,2,4,7-8,11-12H2,1H3. The lowest BCUT2D eigenvalue weighted by Crippen LogP contribution is -2.21. The lowest BCUT2D eigenvalue weighted by Gasteiger charge is -2.18. The summed E-state index contributed by atoms with van der Waals surface area (Å²) in [5.74, 6) is 0.642. The van der Waals surface area contributed by atoms with E-state index >= 15 is 0 Å². The number of rotatable bonds is 5. The smallest absolute Gasteiger partial charge is 0.139 e. The van der Waals surface area contributed by atoms with Crippen LogP contribution < -0.4 is 5.32 Å². The molecule has 0 spiro atoms. The summed E-state index contributed by atoms with van der Waals surface area (Å²) in [7, 11) is 0. The summed E-state index contributed by atoms with van der Waals surface area (Å²) in [6.45, 7) is 3.07. The Hall–Kier alpha value is -1.26. The van der Waals surface area contributed by atoms with Gasteiger partial charge in [-0.3, -0.25) is 0 Å². The highest BCUT2D eigenvalue weighted by atomic mass is 32.1. The minimum Gasteiger partial charge on any atom is -0.304 e. The van der Waals surface area contributed by atoms with E-state index in [1.54, 1.807) is 11.3 Å². The lowest BCUT2D eigenvalue weighted by molar-refractivity contribution is 0.440. The molecular formula is C17H23N3S. The Balaban J connectivity index is 1.81. The monoisotopic (exact) mass is 301 g/mol. The van der Waals surface area contributed by atoms with E-state index in [0.717, 1.165) is 11.6 Å². The van der Waals surface area contributed by atoms with Crippen LogP contribution in [0.5, 0.6) is 0 Å². The Morgan fingerprint density at radius 2 is 1.90 bits per heavy atom. The SMILES string of the molecule is CCNC(c1ccccc1)c1nnc(C2CCCCC2)s1. The van der Waals surface area contributed by atoms with Crippen molar-refractivity contribution in [3.05, 3.63) is 45.9 Å². The zero-order valence-electron chi connectivity index (χ0n) is 12.6. The molecule has 3 nitrogen and oxygen atoms in total. The molecule has 0 aliphatic heterocycles.